The van der Waals surface area contributed by atoms with Gasteiger partial charge in [-0.1, -0.05) is 18.2 Å². The first-order valence-electron chi connectivity index (χ1n) is 10.0. The van der Waals surface area contributed by atoms with Crippen molar-refractivity contribution in [2.45, 2.75) is 17.5 Å². The third-order valence-corrected chi connectivity index (χ3v) is 7.33. The van der Waals surface area contributed by atoms with Gasteiger partial charge in [-0.05, 0) is 42.0 Å². The molecule has 10 heteroatoms. The Morgan fingerprint density at radius 2 is 1.76 bits per heavy atom. The summed E-state index contributed by atoms with van der Waals surface area (Å²) in [7, 11) is -1.48. The lowest BCUT2D eigenvalue weighted by molar-refractivity contribution is -0.144. The molecule has 1 amide bonds. The molecule has 0 fully saturated rings. The van der Waals surface area contributed by atoms with Crippen LogP contribution >= 0.6 is 0 Å². The second-order valence-corrected chi connectivity index (χ2v) is 9.21. The van der Waals surface area contributed by atoms with E-state index in [9.17, 15) is 18.0 Å². The summed E-state index contributed by atoms with van der Waals surface area (Å²) in [6, 6.07) is 13.0. The maximum Gasteiger partial charge on any atom is 0.326 e. The molecule has 0 bridgehead atoms. The van der Waals surface area contributed by atoms with Gasteiger partial charge < -0.3 is 18.8 Å². The van der Waals surface area contributed by atoms with E-state index in [2.05, 4.69) is 0 Å². The van der Waals surface area contributed by atoms with Crippen molar-refractivity contribution >= 4 is 27.6 Å². The van der Waals surface area contributed by atoms with Gasteiger partial charge in [0.2, 0.25) is 10.0 Å². The summed E-state index contributed by atoms with van der Waals surface area (Å²) in [5.41, 5.74) is 1.35. The van der Waals surface area contributed by atoms with Crippen LogP contribution in [-0.2, 0) is 26.1 Å². The number of anilines is 1. The predicted octanol–water partition coefficient (Wildman–Crippen LogP) is 2.68. The number of fused-ring (bicyclic) bond motifs is 1. The van der Waals surface area contributed by atoms with E-state index in [-0.39, 0.29) is 23.5 Å². The largest absolute Gasteiger partial charge is 0.497 e. The van der Waals surface area contributed by atoms with E-state index in [1.807, 2.05) is 0 Å². The number of para-hydroxylation sites is 1. The lowest BCUT2D eigenvalue weighted by Crippen LogP contribution is -2.50. The fourth-order valence-corrected chi connectivity index (χ4v) is 5.29. The lowest BCUT2D eigenvalue weighted by Gasteiger charge is -2.29. The second kappa shape index (κ2) is 9.08. The third kappa shape index (κ3) is 4.22. The number of methoxy groups -OCH3 is 2. The number of amides is 1. The van der Waals surface area contributed by atoms with E-state index < -0.39 is 27.9 Å². The minimum atomic E-state index is -4.14. The normalized spacial score (nSPS) is 16.5. The lowest BCUT2D eigenvalue weighted by atomic mass is 10.1. The molecule has 1 unspecified atom stereocenters. The quantitative estimate of drug-likeness (QED) is 0.528. The van der Waals surface area contributed by atoms with Gasteiger partial charge >= 0.3 is 5.97 Å². The van der Waals surface area contributed by atoms with Crippen molar-refractivity contribution in [1.29, 1.82) is 0 Å². The maximum atomic E-state index is 13.6. The van der Waals surface area contributed by atoms with Crippen LogP contribution in [0.2, 0.25) is 0 Å². The Bertz CT molecular complexity index is 1250. The number of nitrogens with zero attached hydrogens (tertiary/aromatic N) is 2. The van der Waals surface area contributed by atoms with Crippen molar-refractivity contribution in [2.24, 2.45) is 0 Å². The molecule has 1 aliphatic heterocycles. The predicted molar refractivity (Wildman–Crippen MR) is 118 cm³/mol. The van der Waals surface area contributed by atoms with E-state index in [0.717, 1.165) is 4.31 Å². The molecule has 0 radical (unpaired) electrons. The summed E-state index contributed by atoms with van der Waals surface area (Å²) in [4.78, 5) is 27.4. The summed E-state index contributed by atoms with van der Waals surface area (Å²) in [6.07, 6.45) is 2.67. The van der Waals surface area contributed by atoms with Crippen LogP contribution in [0.15, 0.2) is 76.4 Å². The number of benzene rings is 2. The molecule has 2 aromatic carbocycles. The van der Waals surface area contributed by atoms with Crippen LogP contribution in [-0.4, -0.2) is 51.4 Å². The molecule has 1 aliphatic rings. The minimum absolute atomic E-state index is 0.00991. The molecule has 0 aliphatic carbocycles. The van der Waals surface area contributed by atoms with Crippen molar-refractivity contribution in [3.05, 3.63) is 78.3 Å². The summed E-state index contributed by atoms with van der Waals surface area (Å²) in [5, 5.41) is 0. The summed E-state index contributed by atoms with van der Waals surface area (Å²) in [5.74, 6) is -0.699. The van der Waals surface area contributed by atoms with E-state index in [0.29, 0.717) is 17.0 Å². The van der Waals surface area contributed by atoms with E-state index in [1.165, 1.54) is 62.0 Å². The molecule has 0 N–H and O–H groups in total. The second-order valence-electron chi connectivity index (χ2n) is 7.32. The van der Waals surface area contributed by atoms with Gasteiger partial charge in [0, 0.05) is 12.2 Å². The molecule has 2 heterocycles. The van der Waals surface area contributed by atoms with Crippen molar-refractivity contribution in [1.82, 2.24) is 4.31 Å². The Balaban J connectivity index is 1.82. The van der Waals surface area contributed by atoms with Crippen molar-refractivity contribution in [2.75, 3.05) is 25.7 Å². The van der Waals surface area contributed by atoms with Crippen LogP contribution in [0.4, 0.5) is 5.69 Å². The number of rotatable bonds is 5. The number of hydrogen-bond donors (Lipinski definition) is 0. The van der Waals surface area contributed by atoms with Gasteiger partial charge in [-0.3, -0.25) is 9.59 Å². The standard InChI is InChI=1S/C23H22N2O7S/c1-30-18-7-9-19(10-8-18)33(28,29)25-13-16-5-3-4-6-20(16)24(14-21(25)23(27)31-2)22(26)17-11-12-32-15-17/h3-12,15,21H,13-14H2,1-2H3. The van der Waals surface area contributed by atoms with E-state index in [4.69, 9.17) is 13.9 Å². The zero-order chi connectivity index (χ0) is 23.6. The minimum Gasteiger partial charge on any atom is -0.497 e. The number of ether oxygens (including phenoxy) is 2. The molecular weight excluding hydrogens is 448 g/mol. The van der Waals surface area contributed by atoms with E-state index in [1.54, 1.807) is 24.3 Å². The summed E-state index contributed by atoms with van der Waals surface area (Å²) in [6.45, 7) is -0.359. The Kier molecular flexibility index (Phi) is 6.21. The SMILES string of the molecule is COC(=O)C1CN(C(=O)c2ccoc2)c2ccccc2CN1S(=O)(=O)c1ccc(OC)cc1. The van der Waals surface area contributed by atoms with Crippen LogP contribution in [0.25, 0.3) is 0 Å². The highest BCUT2D eigenvalue weighted by Crippen LogP contribution is 2.32. The maximum absolute atomic E-state index is 13.6. The van der Waals surface area contributed by atoms with Gasteiger partial charge in [-0.25, -0.2) is 8.42 Å². The Morgan fingerprint density at radius 3 is 2.39 bits per heavy atom. The average Bonchev–Trinajstić information content (AvgIpc) is 3.32. The number of carbonyl (C=O) groups excluding carboxylic acids is 2. The van der Waals surface area contributed by atoms with Gasteiger partial charge in [-0.15, -0.1) is 0 Å². The third-order valence-electron chi connectivity index (χ3n) is 5.46. The molecule has 172 valence electrons. The molecule has 33 heavy (non-hydrogen) atoms. The number of furan rings is 1. The molecule has 1 atom stereocenters. The smallest absolute Gasteiger partial charge is 0.326 e. The number of hydrogen-bond acceptors (Lipinski definition) is 7. The zero-order valence-corrected chi connectivity index (χ0v) is 18.8. The first-order valence-corrected chi connectivity index (χ1v) is 11.5. The van der Waals surface area contributed by atoms with Gasteiger partial charge in [0.05, 0.1) is 37.5 Å². The molecule has 3 aromatic rings. The Morgan fingerprint density at radius 1 is 1.03 bits per heavy atom. The molecule has 0 saturated heterocycles. The first-order chi connectivity index (χ1) is 15.9. The number of esters is 1. The molecule has 0 spiro atoms. The summed E-state index contributed by atoms with van der Waals surface area (Å²) >= 11 is 0. The average molecular weight is 471 g/mol. The zero-order valence-electron chi connectivity index (χ0n) is 18.0. The van der Waals surface area contributed by atoms with Crippen molar-refractivity contribution in [3.63, 3.8) is 0 Å². The number of carbonyl (C=O) groups is 2. The van der Waals surface area contributed by atoms with Crippen LogP contribution in [0.3, 0.4) is 0 Å². The topological polar surface area (TPSA) is 106 Å². The van der Waals surface area contributed by atoms with Crippen LogP contribution < -0.4 is 9.64 Å². The van der Waals surface area contributed by atoms with Crippen LogP contribution in [0.1, 0.15) is 15.9 Å². The number of sulfonamides is 1. The first kappa shape index (κ1) is 22.6. The van der Waals surface area contributed by atoms with Gasteiger partial charge in [0.15, 0.2) is 0 Å². The van der Waals surface area contributed by atoms with Gasteiger partial charge in [0.1, 0.15) is 18.1 Å². The molecule has 4 rings (SSSR count). The Labute approximate surface area is 191 Å². The van der Waals surface area contributed by atoms with Crippen LogP contribution in [0, 0.1) is 0 Å². The highest BCUT2D eigenvalue weighted by Gasteiger charge is 2.42. The fraction of sp³-hybridized carbons (Fsp3) is 0.217. The Hall–Kier alpha value is -3.63. The highest BCUT2D eigenvalue weighted by molar-refractivity contribution is 7.89. The van der Waals surface area contributed by atoms with E-state index >= 15 is 0 Å². The van der Waals surface area contributed by atoms with Crippen LogP contribution in [0.5, 0.6) is 5.75 Å². The van der Waals surface area contributed by atoms with Crippen molar-refractivity contribution in [3.8, 4) is 5.75 Å². The van der Waals surface area contributed by atoms with Gasteiger partial charge in [-0.2, -0.15) is 4.31 Å². The fourth-order valence-electron chi connectivity index (χ4n) is 3.75. The molecule has 0 saturated carbocycles. The summed E-state index contributed by atoms with van der Waals surface area (Å²) < 4.78 is 43.4. The highest BCUT2D eigenvalue weighted by atomic mass is 32.2. The molecular formula is C23H22N2O7S. The molecule has 1 aromatic heterocycles. The van der Waals surface area contributed by atoms with Crippen molar-refractivity contribution < 1.29 is 31.9 Å². The monoisotopic (exact) mass is 470 g/mol. The molecule has 9 nitrogen and oxygen atoms in total. The van der Waals surface area contributed by atoms with Gasteiger partial charge in [0.25, 0.3) is 5.91 Å².